The lowest BCUT2D eigenvalue weighted by atomic mass is 10.1. The van der Waals surface area contributed by atoms with Crippen molar-refractivity contribution in [1.29, 1.82) is 0 Å². The molecule has 0 aliphatic carbocycles. The predicted molar refractivity (Wildman–Crippen MR) is 94.5 cm³/mol. The molecule has 1 unspecified atom stereocenters. The maximum Gasteiger partial charge on any atom is 0.172 e. The zero-order chi connectivity index (χ0) is 16.7. The Kier molecular flexibility index (Phi) is 4.12. The molecule has 1 fully saturated rings. The Morgan fingerprint density at radius 3 is 3.04 bits per heavy atom. The number of hydrogen-bond donors (Lipinski definition) is 0. The predicted octanol–water partition coefficient (Wildman–Crippen LogP) is 4.37. The van der Waals surface area contributed by atoms with Gasteiger partial charge in [-0.25, -0.2) is 9.37 Å². The summed E-state index contributed by atoms with van der Waals surface area (Å²) in [7, 11) is 0. The van der Waals surface area contributed by atoms with Crippen molar-refractivity contribution in [3.63, 3.8) is 0 Å². The Balaban J connectivity index is 1.68. The summed E-state index contributed by atoms with van der Waals surface area (Å²) >= 11 is 7.70. The molecule has 0 saturated carbocycles. The summed E-state index contributed by atoms with van der Waals surface area (Å²) in [5.41, 5.74) is 1.80. The first-order chi connectivity index (χ1) is 11.6. The van der Waals surface area contributed by atoms with Gasteiger partial charge < -0.3 is 9.64 Å². The van der Waals surface area contributed by atoms with Gasteiger partial charge in [-0.1, -0.05) is 11.6 Å². The van der Waals surface area contributed by atoms with Crippen LogP contribution in [-0.2, 0) is 4.74 Å². The van der Waals surface area contributed by atoms with Crippen LogP contribution >= 0.6 is 22.9 Å². The maximum absolute atomic E-state index is 15.0. The molecule has 0 spiro atoms. The molecule has 1 aromatic carbocycles. The van der Waals surface area contributed by atoms with Gasteiger partial charge in [-0.2, -0.15) is 0 Å². The summed E-state index contributed by atoms with van der Waals surface area (Å²) in [6, 6.07) is 5.25. The minimum absolute atomic E-state index is 0.139. The Labute approximate surface area is 147 Å². The Hall–Kier alpha value is -1.76. The van der Waals surface area contributed by atoms with Gasteiger partial charge in [0.15, 0.2) is 5.82 Å². The molecular weight excluding hydrogens is 349 g/mol. The molecule has 3 heterocycles. The van der Waals surface area contributed by atoms with Crippen LogP contribution in [0.25, 0.3) is 10.9 Å². The van der Waals surface area contributed by atoms with Gasteiger partial charge in [0.1, 0.15) is 16.6 Å². The quantitative estimate of drug-likeness (QED) is 0.677. The fraction of sp³-hybridized carbons (Fsp3) is 0.294. The lowest BCUT2D eigenvalue weighted by molar-refractivity contribution is 0.0394. The van der Waals surface area contributed by atoms with E-state index < -0.39 is 0 Å². The van der Waals surface area contributed by atoms with Crippen LogP contribution in [0.3, 0.4) is 0 Å². The minimum atomic E-state index is -0.342. The Morgan fingerprint density at radius 1 is 1.38 bits per heavy atom. The van der Waals surface area contributed by atoms with Crippen LogP contribution in [0, 0.1) is 12.7 Å². The molecule has 2 aromatic heterocycles. The number of benzene rings is 1. The largest absolute Gasteiger partial charge is 0.367 e. The summed E-state index contributed by atoms with van der Waals surface area (Å²) < 4.78 is 20.8. The number of thiazole rings is 1. The molecule has 0 radical (unpaired) electrons. The molecule has 1 aliphatic rings. The average Bonchev–Trinajstić information content (AvgIpc) is 3.03. The van der Waals surface area contributed by atoms with Crippen molar-refractivity contribution >= 4 is 39.5 Å². The molecule has 4 rings (SSSR count). The number of morpholine rings is 1. The van der Waals surface area contributed by atoms with Crippen LogP contribution in [0.15, 0.2) is 29.8 Å². The van der Waals surface area contributed by atoms with Crippen molar-refractivity contribution in [2.45, 2.75) is 13.0 Å². The summed E-state index contributed by atoms with van der Waals surface area (Å²) in [4.78, 5) is 10.6. The Morgan fingerprint density at radius 2 is 2.25 bits per heavy atom. The van der Waals surface area contributed by atoms with Gasteiger partial charge in [0.2, 0.25) is 0 Å². The molecular formula is C17H15ClFN3OS. The average molecular weight is 364 g/mol. The molecule has 3 aromatic rings. The number of halogens is 2. The first-order valence-corrected chi connectivity index (χ1v) is 8.90. The number of anilines is 1. The van der Waals surface area contributed by atoms with Crippen molar-refractivity contribution < 1.29 is 9.13 Å². The smallest absolute Gasteiger partial charge is 0.172 e. The van der Waals surface area contributed by atoms with Crippen LogP contribution < -0.4 is 4.90 Å². The highest BCUT2D eigenvalue weighted by molar-refractivity contribution is 7.09. The summed E-state index contributed by atoms with van der Waals surface area (Å²) in [6.45, 7) is 3.68. The number of aryl methyl sites for hydroxylation is 1. The number of fused-ring (bicyclic) bond motifs is 1. The van der Waals surface area contributed by atoms with E-state index in [2.05, 4.69) is 9.97 Å². The van der Waals surface area contributed by atoms with E-state index in [1.807, 2.05) is 23.3 Å². The van der Waals surface area contributed by atoms with Gasteiger partial charge in [-0.15, -0.1) is 11.3 Å². The zero-order valence-electron chi connectivity index (χ0n) is 13.0. The number of ether oxygens (including phenoxy) is 1. The SMILES string of the molecule is Cc1csc(C2CN(c3ccc4c(Cl)ccnc4c3F)CCO2)n1. The van der Waals surface area contributed by atoms with Crippen LogP contribution in [0.4, 0.5) is 10.1 Å². The number of aromatic nitrogens is 2. The molecule has 7 heteroatoms. The maximum atomic E-state index is 15.0. The number of nitrogens with zero attached hydrogens (tertiary/aromatic N) is 3. The summed E-state index contributed by atoms with van der Waals surface area (Å²) in [6.07, 6.45) is 1.39. The van der Waals surface area contributed by atoms with Crippen LogP contribution in [-0.4, -0.2) is 29.7 Å². The molecule has 0 bridgehead atoms. The van der Waals surface area contributed by atoms with Crippen molar-refractivity contribution in [3.05, 3.63) is 51.3 Å². The topological polar surface area (TPSA) is 38.2 Å². The second-order valence-electron chi connectivity index (χ2n) is 5.72. The fourth-order valence-corrected chi connectivity index (χ4v) is 3.97. The molecule has 124 valence electrons. The van der Waals surface area contributed by atoms with Crippen LogP contribution in [0.5, 0.6) is 0 Å². The van der Waals surface area contributed by atoms with E-state index in [1.165, 1.54) is 6.20 Å². The molecule has 24 heavy (non-hydrogen) atoms. The minimum Gasteiger partial charge on any atom is -0.367 e. The van der Waals surface area contributed by atoms with Gasteiger partial charge in [0.05, 0.1) is 23.9 Å². The van der Waals surface area contributed by atoms with Crippen molar-refractivity contribution in [2.75, 3.05) is 24.6 Å². The zero-order valence-corrected chi connectivity index (χ0v) is 14.6. The van der Waals surface area contributed by atoms with E-state index in [9.17, 15) is 4.39 Å². The van der Waals surface area contributed by atoms with E-state index >= 15 is 0 Å². The van der Waals surface area contributed by atoms with E-state index in [0.29, 0.717) is 41.3 Å². The lowest BCUT2D eigenvalue weighted by Gasteiger charge is -2.34. The third-order valence-electron chi connectivity index (χ3n) is 4.10. The number of pyridine rings is 1. The highest BCUT2D eigenvalue weighted by atomic mass is 35.5. The molecule has 1 atom stereocenters. The van der Waals surface area contributed by atoms with E-state index in [1.54, 1.807) is 23.5 Å². The fourth-order valence-electron chi connectivity index (χ4n) is 2.92. The van der Waals surface area contributed by atoms with Gasteiger partial charge in [-0.05, 0) is 25.1 Å². The lowest BCUT2D eigenvalue weighted by Crippen LogP contribution is -2.38. The highest BCUT2D eigenvalue weighted by Gasteiger charge is 2.26. The molecule has 0 N–H and O–H groups in total. The van der Waals surface area contributed by atoms with Gasteiger partial charge in [0.25, 0.3) is 0 Å². The van der Waals surface area contributed by atoms with E-state index in [-0.39, 0.29) is 11.9 Å². The van der Waals surface area contributed by atoms with Crippen molar-refractivity contribution in [2.24, 2.45) is 0 Å². The molecule has 0 amide bonds. The normalized spacial score (nSPS) is 18.3. The van der Waals surface area contributed by atoms with E-state index in [0.717, 1.165) is 10.7 Å². The van der Waals surface area contributed by atoms with Crippen molar-refractivity contribution in [3.8, 4) is 0 Å². The van der Waals surface area contributed by atoms with E-state index in [4.69, 9.17) is 16.3 Å². The third-order valence-corrected chi connectivity index (χ3v) is 5.48. The highest BCUT2D eigenvalue weighted by Crippen LogP contribution is 2.33. The first kappa shape index (κ1) is 15.7. The molecule has 1 saturated heterocycles. The molecule has 1 aliphatic heterocycles. The number of rotatable bonds is 2. The second-order valence-corrected chi connectivity index (χ2v) is 7.02. The molecule has 4 nitrogen and oxygen atoms in total. The second kappa shape index (κ2) is 6.27. The Bertz CT molecular complexity index is 901. The summed E-state index contributed by atoms with van der Waals surface area (Å²) in [5.74, 6) is -0.342. The standard InChI is InChI=1S/C17H15ClFN3OS/c1-10-9-24-17(21-10)14-8-22(6-7-23-14)13-3-2-11-12(18)4-5-20-16(11)15(13)19/h2-5,9,14H,6-8H2,1H3. The van der Waals surface area contributed by atoms with Crippen LogP contribution in [0.1, 0.15) is 16.8 Å². The monoisotopic (exact) mass is 363 g/mol. The first-order valence-electron chi connectivity index (χ1n) is 7.65. The van der Waals surface area contributed by atoms with Gasteiger partial charge in [-0.3, -0.25) is 4.98 Å². The summed E-state index contributed by atoms with van der Waals surface area (Å²) in [5, 5.41) is 4.06. The van der Waals surface area contributed by atoms with Gasteiger partial charge in [0, 0.05) is 29.2 Å². The van der Waals surface area contributed by atoms with Crippen LogP contribution in [0.2, 0.25) is 5.02 Å². The van der Waals surface area contributed by atoms with Gasteiger partial charge >= 0.3 is 0 Å². The van der Waals surface area contributed by atoms with Crippen molar-refractivity contribution in [1.82, 2.24) is 9.97 Å². The third kappa shape index (κ3) is 2.75. The number of hydrogen-bond acceptors (Lipinski definition) is 5.